The van der Waals surface area contributed by atoms with Crippen LogP contribution >= 0.6 is 0 Å². The molecule has 0 aromatic carbocycles. The average molecular weight is 406 g/mol. The van der Waals surface area contributed by atoms with Crippen LogP contribution in [-0.4, -0.2) is 44.1 Å². The van der Waals surface area contributed by atoms with Crippen LogP contribution < -0.4 is 70.2 Å². The maximum Gasteiger partial charge on any atom is 1.00 e. The van der Waals surface area contributed by atoms with Crippen LogP contribution in [0.15, 0.2) is 0 Å². The summed E-state index contributed by atoms with van der Waals surface area (Å²) in [6.45, 7) is 2.47. The van der Waals surface area contributed by atoms with Crippen molar-refractivity contribution in [2.45, 2.75) is 71.1 Å². The number of nitrogens with one attached hydrogen (secondary N) is 1. The first-order chi connectivity index (χ1) is 12.1. The van der Waals surface area contributed by atoms with Crippen LogP contribution in [0.5, 0.6) is 0 Å². The van der Waals surface area contributed by atoms with E-state index in [0.29, 0.717) is 6.42 Å². The number of esters is 2. The van der Waals surface area contributed by atoms with Gasteiger partial charge in [0.2, 0.25) is 5.91 Å². The molecule has 0 rings (SSSR count). The minimum absolute atomic E-state index is 0. The molecule has 0 spiro atoms. The fourth-order valence-corrected chi connectivity index (χ4v) is 2.29. The third kappa shape index (κ3) is 22.5. The zero-order valence-electron chi connectivity index (χ0n) is 19.5. The minimum atomic E-state index is -1.07. The molecule has 27 heavy (non-hydrogen) atoms. The summed E-state index contributed by atoms with van der Waals surface area (Å²) in [6.07, 6.45) is 11.3. The van der Waals surface area contributed by atoms with Crippen LogP contribution in [0.4, 0.5) is 0 Å². The number of carbonyl (C=O) groups excluding carboxylic acids is 3. The van der Waals surface area contributed by atoms with Crippen LogP contribution in [0.25, 0.3) is 0 Å². The maximum atomic E-state index is 11.6. The molecule has 0 saturated carbocycles. The smallest absolute Gasteiger partial charge is 1.00 e. The van der Waals surface area contributed by atoms with Gasteiger partial charge in [0.1, 0.15) is 13.2 Å². The number of carbonyl (C=O) groups is 3. The normalized spacial score (nSPS) is 9.56. The molecule has 7 nitrogen and oxygen atoms in total. The monoisotopic (exact) mass is 406 g/mol. The van der Waals surface area contributed by atoms with Gasteiger partial charge in [0.05, 0.1) is 6.54 Å². The Morgan fingerprint density at radius 1 is 0.815 bits per heavy atom. The second-order valence-electron chi connectivity index (χ2n) is 5.99. The first-order valence-corrected chi connectivity index (χ1v) is 9.42. The Morgan fingerprint density at radius 3 is 1.81 bits per heavy atom. The van der Waals surface area contributed by atoms with Gasteiger partial charge in [0.25, 0.3) is 0 Å². The molecule has 3 N–H and O–H groups in total. The molecule has 0 saturated heterocycles. The molecule has 1 amide bonds. The van der Waals surface area contributed by atoms with Crippen LogP contribution in [0.1, 0.15) is 74.0 Å². The Morgan fingerprint density at radius 2 is 1.30 bits per heavy atom. The maximum absolute atomic E-state index is 11.6. The number of unbranched alkanes of at least 4 members (excludes halogenated alkanes) is 8. The van der Waals surface area contributed by atoms with E-state index in [9.17, 15) is 14.4 Å². The second kappa shape index (κ2) is 24.4. The van der Waals surface area contributed by atoms with E-state index in [2.05, 4.69) is 21.7 Å². The Hall–Kier alpha value is 0.370. The number of amides is 1. The van der Waals surface area contributed by atoms with E-state index < -0.39 is 11.9 Å². The molecule has 0 aliphatic rings. The zero-order valence-corrected chi connectivity index (χ0v) is 21.5. The Bertz CT molecular complexity index is 395. The Balaban J connectivity index is -0.000000480. The number of rotatable bonds is 15. The Kier molecular flexibility index (Phi) is 29.0. The molecule has 0 aromatic rings. The summed E-state index contributed by atoms with van der Waals surface area (Å²) in [5, 5.41) is 2.66. The molecule has 0 radical (unpaired) electrons. The molecule has 0 aliphatic carbocycles. The molecule has 9 heteroatoms. The van der Waals surface area contributed by atoms with Gasteiger partial charge in [-0.25, -0.2) is 9.59 Å². The van der Waals surface area contributed by atoms with Gasteiger partial charge in [-0.15, -0.1) is 0 Å². The SMILES string of the molecule is CCCCCCCCCCCC(=O)NCCOC(=O)C(=O)OCCN.[H-].[H-].[Na+].[Na+]. The largest absolute Gasteiger partial charge is 1.00 e. The van der Waals surface area contributed by atoms with Gasteiger partial charge in [-0.2, -0.15) is 0 Å². The van der Waals surface area contributed by atoms with Crippen molar-refractivity contribution in [3.63, 3.8) is 0 Å². The summed E-state index contributed by atoms with van der Waals surface area (Å²) >= 11 is 0. The number of hydrogen-bond acceptors (Lipinski definition) is 6. The van der Waals surface area contributed by atoms with Gasteiger partial charge < -0.3 is 23.4 Å². The van der Waals surface area contributed by atoms with Gasteiger partial charge in [-0.1, -0.05) is 58.3 Å². The molecule has 0 aliphatic heterocycles. The summed E-state index contributed by atoms with van der Waals surface area (Å²) in [6, 6.07) is 0. The molecule has 0 fully saturated rings. The Labute approximate surface area is 210 Å². The van der Waals surface area contributed by atoms with Gasteiger partial charge in [-0.05, 0) is 6.42 Å². The van der Waals surface area contributed by atoms with Crippen molar-refractivity contribution in [2.24, 2.45) is 5.73 Å². The van der Waals surface area contributed by atoms with Crippen molar-refractivity contribution in [1.82, 2.24) is 5.32 Å². The van der Waals surface area contributed by atoms with Crippen LogP contribution in [-0.2, 0) is 23.9 Å². The number of nitrogens with two attached hydrogens (primary N) is 1. The van der Waals surface area contributed by atoms with Crippen LogP contribution in [0, 0.1) is 0 Å². The third-order valence-corrected chi connectivity index (χ3v) is 3.68. The summed E-state index contributed by atoms with van der Waals surface area (Å²) in [5.74, 6) is -2.20. The fourth-order valence-electron chi connectivity index (χ4n) is 2.29. The molecule has 0 bridgehead atoms. The molecule has 0 heterocycles. The summed E-state index contributed by atoms with van der Waals surface area (Å²) in [7, 11) is 0. The molecular weight excluding hydrogens is 370 g/mol. The van der Waals surface area contributed by atoms with E-state index >= 15 is 0 Å². The van der Waals surface area contributed by atoms with Crippen molar-refractivity contribution in [3.8, 4) is 0 Å². The summed E-state index contributed by atoms with van der Waals surface area (Å²) in [4.78, 5) is 33.9. The van der Waals surface area contributed by atoms with Crippen molar-refractivity contribution in [1.29, 1.82) is 0 Å². The van der Waals surface area contributed by atoms with Gasteiger partial charge in [0.15, 0.2) is 0 Å². The van der Waals surface area contributed by atoms with E-state index in [-0.39, 0.29) is 94.2 Å². The van der Waals surface area contributed by atoms with Gasteiger partial charge in [-0.3, -0.25) is 4.79 Å². The third-order valence-electron chi connectivity index (χ3n) is 3.68. The minimum Gasteiger partial charge on any atom is -1.00 e. The summed E-state index contributed by atoms with van der Waals surface area (Å²) < 4.78 is 9.20. The fraction of sp³-hybridized carbons (Fsp3) is 0.833. The summed E-state index contributed by atoms with van der Waals surface area (Å²) in [5.41, 5.74) is 5.15. The van der Waals surface area contributed by atoms with E-state index in [1.165, 1.54) is 44.9 Å². The average Bonchev–Trinajstić information content (AvgIpc) is 2.61. The molecule has 150 valence electrons. The van der Waals surface area contributed by atoms with E-state index in [4.69, 9.17) is 5.73 Å². The molecular formula is C18H36N2Na2O5. The van der Waals surface area contributed by atoms with Crippen molar-refractivity contribution in [2.75, 3.05) is 26.3 Å². The molecule has 0 atom stereocenters. The zero-order chi connectivity index (χ0) is 18.8. The predicted molar refractivity (Wildman–Crippen MR) is 98.1 cm³/mol. The quantitative estimate of drug-likeness (QED) is 0.125. The number of hydrogen-bond donors (Lipinski definition) is 2. The first-order valence-electron chi connectivity index (χ1n) is 9.42. The molecule has 0 unspecified atom stereocenters. The standard InChI is InChI=1S/C18H34N2O5.2Na.2H/c1-2-3-4-5-6-7-8-9-10-11-16(21)20-13-15-25-18(23)17(22)24-14-12-19;;;;/h2-15,19H2,1H3,(H,20,21);;;;/q;2*+1;2*-1. The van der Waals surface area contributed by atoms with Gasteiger partial charge in [0, 0.05) is 13.0 Å². The van der Waals surface area contributed by atoms with E-state index in [0.717, 1.165) is 12.8 Å². The van der Waals surface area contributed by atoms with Crippen LogP contribution in [0.3, 0.4) is 0 Å². The van der Waals surface area contributed by atoms with Gasteiger partial charge >= 0.3 is 71.1 Å². The topological polar surface area (TPSA) is 108 Å². The van der Waals surface area contributed by atoms with Crippen LogP contribution in [0.2, 0.25) is 0 Å². The van der Waals surface area contributed by atoms with Crippen molar-refractivity contribution in [3.05, 3.63) is 0 Å². The second-order valence-corrected chi connectivity index (χ2v) is 5.99. The predicted octanol–water partition coefficient (Wildman–Crippen LogP) is -3.70. The first kappa shape index (κ1) is 32.0. The van der Waals surface area contributed by atoms with E-state index in [1.54, 1.807) is 0 Å². The van der Waals surface area contributed by atoms with Crippen molar-refractivity contribution >= 4 is 17.8 Å². The van der Waals surface area contributed by atoms with Crippen molar-refractivity contribution < 1.29 is 85.8 Å². The van der Waals surface area contributed by atoms with E-state index in [1.807, 2.05) is 0 Å². The number of ether oxygens (including phenoxy) is 2. The molecule has 0 aromatic heterocycles.